The van der Waals surface area contributed by atoms with E-state index in [1.54, 1.807) is 6.08 Å². The number of hydrogen-bond donors (Lipinski definition) is 0. The van der Waals surface area contributed by atoms with Crippen LogP contribution in [0.2, 0.25) is 0 Å². The molecule has 1 heterocycles. The first-order chi connectivity index (χ1) is 6.40. The summed E-state index contributed by atoms with van der Waals surface area (Å²) in [5.41, 5.74) is 1.08. The highest BCUT2D eigenvalue weighted by Crippen LogP contribution is 2.30. The molecule has 0 saturated carbocycles. The third-order valence-electron chi connectivity index (χ3n) is 1.88. The first kappa shape index (κ1) is 8.17. The quantitative estimate of drug-likeness (QED) is 0.652. The minimum Gasteiger partial charge on any atom is -0.486 e. The van der Waals surface area contributed by atoms with Crippen LogP contribution in [0.4, 0.5) is 0 Å². The maximum absolute atomic E-state index is 5.43. The molecule has 0 amide bonds. The third kappa shape index (κ3) is 1.66. The van der Waals surface area contributed by atoms with E-state index in [1.165, 1.54) is 0 Å². The van der Waals surface area contributed by atoms with Crippen LogP contribution in [-0.4, -0.2) is 13.2 Å². The lowest BCUT2D eigenvalue weighted by Crippen LogP contribution is -2.15. The van der Waals surface area contributed by atoms with Crippen LogP contribution in [0.3, 0.4) is 0 Å². The molecule has 13 heavy (non-hydrogen) atoms. The van der Waals surface area contributed by atoms with Crippen molar-refractivity contribution in [2.24, 2.45) is 0 Å². The zero-order valence-corrected chi connectivity index (χ0v) is 7.32. The Morgan fingerprint density at radius 2 is 1.92 bits per heavy atom. The summed E-state index contributed by atoms with van der Waals surface area (Å²) in [5.74, 6) is 1.65. The number of ether oxygens (including phenoxy) is 2. The Balaban J connectivity index is 2.35. The molecule has 0 aliphatic carbocycles. The van der Waals surface area contributed by atoms with E-state index < -0.39 is 0 Å². The predicted octanol–water partition coefficient (Wildman–Crippen LogP) is 2.31. The molecule has 2 heteroatoms. The molecular weight excluding hydrogens is 164 g/mol. The minimum absolute atomic E-state index is 0.630. The number of fused-ring (bicyclic) bond motifs is 1. The predicted molar refractivity (Wildman–Crippen MR) is 51.8 cm³/mol. The molecule has 0 bridgehead atoms. The van der Waals surface area contributed by atoms with E-state index in [0.717, 1.165) is 17.1 Å². The van der Waals surface area contributed by atoms with Gasteiger partial charge in [0.2, 0.25) is 0 Å². The van der Waals surface area contributed by atoms with E-state index in [2.05, 4.69) is 6.92 Å². The summed E-state index contributed by atoms with van der Waals surface area (Å²) in [6.45, 7) is 4.91. The van der Waals surface area contributed by atoms with Crippen LogP contribution in [0.15, 0.2) is 24.3 Å². The van der Waals surface area contributed by atoms with Gasteiger partial charge in [0.1, 0.15) is 13.2 Å². The number of hydrogen-bond acceptors (Lipinski definition) is 2. The highest BCUT2D eigenvalue weighted by Gasteiger charge is 2.10. The Hall–Kier alpha value is -1.44. The molecule has 0 spiro atoms. The maximum Gasteiger partial charge on any atom is 0.161 e. The van der Waals surface area contributed by atoms with Gasteiger partial charge in [-0.1, -0.05) is 18.2 Å². The fraction of sp³-hybridized carbons (Fsp3) is 0.182. The Morgan fingerprint density at radius 3 is 2.69 bits per heavy atom. The molecule has 2 nitrogen and oxygen atoms in total. The van der Waals surface area contributed by atoms with Gasteiger partial charge < -0.3 is 9.47 Å². The monoisotopic (exact) mass is 175 g/mol. The number of allylic oxidation sites excluding steroid dienone is 1. The van der Waals surface area contributed by atoms with Crippen molar-refractivity contribution in [3.63, 3.8) is 0 Å². The van der Waals surface area contributed by atoms with Crippen molar-refractivity contribution in [2.75, 3.05) is 13.2 Å². The van der Waals surface area contributed by atoms with E-state index in [0.29, 0.717) is 13.2 Å². The lowest BCUT2D eigenvalue weighted by molar-refractivity contribution is 0.171. The van der Waals surface area contributed by atoms with Crippen LogP contribution < -0.4 is 9.47 Å². The standard InChI is InChI=1S/C11H11O2/c1-2-3-9-4-5-10-11(8-9)13-7-6-12-10/h2-5,8H,1,6-7H2/b3-2+. The summed E-state index contributed by atoms with van der Waals surface area (Å²) in [5, 5.41) is 0. The summed E-state index contributed by atoms with van der Waals surface area (Å²) in [6, 6.07) is 5.86. The van der Waals surface area contributed by atoms with Crippen molar-refractivity contribution >= 4 is 6.08 Å². The Labute approximate surface area is 77.8 Å². The molecule has 1 aliphatic heterocycles. The van der Waals surface area contributed by atoms with Crippen LogP contribution in [0.1, 0.15) is 5.56 Å². The summed E-state index contributed by atoms with van der Waals surface area (Å²) >= 11 is 0. The molecule has 0 atom stereocenters. The SMILES string of the molecule is [CH2]/C=C/c1ccc2c(c1)OCCO2. The highest BCUT2D eigenvalue weighted by atomic mass is 16.6. The molecule has 0 aromatic heterocycles. The van der Waals surface area contributed by atoms with Crippen molar-refractivity contribution in [1.29, 1.82) is 0 Å². The average Bonchev–Trinajstić information content (AvgIpc) is 2.18. The van der Waals surface area contributed by atoms with Gasteiger partial charge in [-0.25, -0.2) is 0 Å². The second-order valence-electron chi connectivity index (χ2n) is 2.81. The van der Waals surface area contributed by atoms with E-state index in [4.69, 9.17) is 9.47 Å². The summed E-state index contributed by atoms with van der Waals surface area (Å²) in [6.07, 6.45) is 3.68. The zero-order chi connectivity index (χ0) is 9.10. The van der Waals surface area contributed by atoms with E-state index in [1.807, 2.05) is 24.3 Å². The second kappa shape index (κ2) is 3.52. The highest BCUT2D eigenvalue weighted by molar-refractivity contribution is 5.56. The Kier molecular flexibility index (Phi) is 2.21. The van der Waals surface area contributed by atoms with Crippen molar-refractivity contribution in [1.82, 2.24) is 0 Å². The Morgan fingerprint density at radius 1 is 1.15 bits per heavy atom. The van der Waals surface area contributed by atoms with Gasteiger partial charge in [0.05, 0.1) is 0 Å². The van der Waals surface area contributed by atoms with Crippen molar-refractivity contribution in [2.45, 2.75) is 0 Å². The average molecular weight is 175 g/mol. The first-order valence-electron chi connectivity index (χ1n) is 4.25. The van der Waals surface area contributed by atoms with E-state index >= 15 is 0 Å². The minimum atomic E-state index is 0.630. The van der Waals surface area contributed by atoms with Crippen LogP contribution in [0.5, 0.6) is 11.5 Å². The van der Waals surface area contributed by atoms with E-state index in [9.17, 15) is 0 Å². The molecule has 2 rings (SSSR count). The van der Waals surface area contributed by atoms with E-state index in [-0.39, 0.29) is 0 Å². The van der Waals surface area contributed by atoms with Gasteiger partial charge in [-0.15, -0.1) is 0 Å². The smallest absolute Gasteiger partial charge is 0.161 e. The van der Waals surface area contributed by atoms with Crippen molar-refractivity contribution in [3.8, 4) is 11.5 Å². The maximum atomic E-state index is 5.43. The van der Waals surface area contributed by atoms with Crippen LogP contribution in [0, 0.1) is 6.92 Å². The van der Waals surface area contributed by atoms with Crippen LogP contribution in [0.25, 0.3) is 6.08 Å². The second-order valence-corrected chi connectivity index (χ2v) is 2.81. The fourth-order valence-corrected chi connectivity index (χ4v) is 1.30. The first-order valence-corrected chi connectivity index (χ1v) is 4.25. The molecule has 0 fully saturated rings. The molecular formula is C11H11O2. The molecule has 1 aromatic carbocycles. The normalized spacial score (nSPS) is 14.8. The lowest BCUT2D eigenvalue weighted by atomic mass is 10.2. The molecule has 67 valence electrons. The third-order valence-corrected chi connectivity index (χ3v) is 1.88. The van der Waals surface area contributed by atoms with Crippen molar-refractivity contribution < 1.29 is 9.47 Å². The summed E-state index contributed by atoms with van der Waals surface area (Å²) in [7, 11) is 0. The largest absolute Gasteiger partial charge is 0.486 e. The van der Waals surface area contributed by atoms with Gasteiger partial charge in [-0.3, -0.25) is 0 Å². The summed E-state index contributed by atoms with van der Waals surface area (Å²) < 4.78 is 10.8. The van der Waals surface area contributed by atoms with Gasteiger partial charge in [0, 0.05) is 0 Å². The Bertz CT molecular complexity index is 329. The lowest BCUT2D eigenvalue weighted by Gasteiger charge is -2.18. The van der Waals surface area contributed by atoms with Gasteiger partial charge in [0.15, 0.2) is 11.5 Å². The van der Waals surface area contributed by atoms with Crippen molar-refractivity contribution in [3.05, 3.63) is 36.8 Å². The van der Waals surface area contributed by atoms with Gasteiger partial charge >= 0.3 is 0 Å². The molecule has 1 aliphatic rings. The molecule has 0 N–H and O–H groups in total. The van der Waals surface area contributed by atoms with Gasteiger partial charge in [-0.05, 0) is 24.6 Å². The summed E-state index contributed by atoms with van der Waals surface area (Å²) in [4.78, 5) is 0. The topological polar surface area (TPSA) is 18.5 Å². The molecule has 1 aromatic rings. The van der Waals surface area contributed by atoms with Crippen LogP contribution in [-0.2, 0) is 0 Å². The van der Waals surface area contributed by atoms with Gasteiger partial charge in [-0.2, -0.15) is 0 Å². The molecule has 0 unspecified atom stereocenters. The van der Waals surface area contributed by atoms with Gasteiger partial charge in [0.25, 0.3) is 0 Å². The zero-order valence-electron chi connectivity index (χ0n) is 7.32. The number of benzene rings is 1. The fourth-order valence-electron chi connectivity index (χ4n) is 1.30. The number of rotatable bonds is 1. The molecule has 0 saturated heterocycles. The van der Waals surface area contributed by atoms with Crippen LogP contribution >= 0.6 is 0 Å². The molecule has 1 radical (unpaired) electrons.